The maximum Gasteiger partial charge on any atom is 0.319 e. The van der Waals surface area contributed by atoms with Crippen molar-refractivity contribution in [3.05, 3.63) is 58.9 Å². The quantitative estimate of drug-likeness (QED) is 0.566. The summed E-state index contributed by atoms with van der Waals surface area (Å²) in [6, 6.07) is 12.3. The molecule has 0 aliphatic carbocycles. The molecular weight excluding hydrogens is 366 g/mol. The minimum Gasteiger partial charge on any atom is -0.367 e. The van der Waals surface area contributed by atoms with Crippen LogP contribution < -0.4 is 16.0 Å². The Hall–Kier alpha value is -3.13. The molecule has 0 aliphatic rings. The first-order valence-electron chi connectivity index (χ1n) is 8.43. The first kappa shape index (κ1) is 18.7. The third-order valence-corrected chi connectivity index (χ3v) is 3.91. The van der Waals surface area contributed by atoms with Crippen molar-refractivity contribution < 1.29 is 4.79 Å². The molecule has 0 radical (unpaired) electrons. The average Bonchev–Trinajstić information content (AvgIpc) is 2.97. The molecule has 0 fully saturated rings. The van der Waals surface area contributed by atoms with Crippen molar-refractivity contribution in [2.45, 2.75) is 13.8 Å². The minimum atomic E-state index is -0.301. The summed E-state index contributed by atoms with van der Waals surface area (Å²) < 4.78 is 1.74. The zero-order valence-electron chi connectivity index (χ0n) is 15.0. The van der Waals surface area contributed by atoms with Gasteiger partial charge in [0.05, 0.1) is 5.69 Å². The number of urea groups is 1. The Morgan fingerprint density at radius 3 is 2.63 bits per heavy atom. The number of amides is 2. The lowest BCUT2D eigenvalue weighted by Gasteiger charge is -2.09. The zero-order valence-corrected chi connectivity index (χ0v) is 15.8. The lowest BCUT2D eigenvalue weighted by molar-refractivity contribution is 0.252. The van der Waals surface area contributed by atoms with Crippen molar-refractivity contribution in [2.24, 2.45) is 0 Å². The molecule has 3 aromatic rings. The lowest BCUT2D eigenvalue weighted by Crippen LogP contribution is -2.32. The van der Waals surface area contributed by atoms with Gasteiger partial charge in [0.2, 0.25) is 0 Å². The number of aromatic nitrogens is 4. The number of hydrogen-bond donors (Lipinski definition) is 3. The number of nitrogens with zero attached hydrogens (tertiary/aromatic N) is 4. The van der Waals surface area contributed by atoms with Crippen LogP contribution in [0.2, 0.25) is 5.02 Å². The summed E-state index contributed by atoms with van der Waals surface area (Å²) in [5.41, 5.74) is 2.56. The number of carbonyl (C=O) groups is 1. The van der Waals surface area contributed by atoms with Crippen LogP contribution in [0.4, 0.5) is 16.3 Å². The lowest BCUT2D eigenvalue weighted by atomic mass is 10.3. The van der Waals surface area contributed by atoms with E-state index in [0.29, 0.717) is 35.4 Å². The second-order valence-corrected chi connectivity index (χ2v) is 6.37. The molecule has 8 nitrogen and oxygen atoms in total. The van der Waals surface area contributed by atoms with E-state index < -0.39 is 0 Å². The summed E-state index contributed by atoms with van der Waals surface area (Å²) >= 11 is 5.88. The van der Waals surface area contributed by atoms with E-state index in [2.05, 4.69) is 31.2 Å². The molecule has 3 N–H and O–H groups in total. The molecule has 2 amide bonds. The first-order valence-corrected chi connectivity index (χ1v) is 8.81. The van der Waals surface area contributed by atoms with E-state index in [1.165, 1.54) is 0 Å². The Morgan fingerprint density at radius 1 is 1.11 bits per heavy atom. The third kappa shape index (κ3) is 5.18. The van der Waals surface area contributed by atoms with Gasteiger partial charge in [-0.3, -0.25) is 0 Å². The van der Waals surface area contributed by atoms with Gasteiger partial charge in [-0.05, 0) is 50.2 Å². The number of anilines is 2. The van der Waals surface area contributed by atoms with Gasteiger partial charge in [0.1, 0.15) is 5.82 Å². The number of halogens is 1. The molecule has 0 aliphatic heterocycles. The molecule has 1 aromatic carbocycles. The van der Waals surface area contributed by atoms with Crippen molar-refractivity contribution in [2.75, 3.05) is 23.7 Å². The summed E-state index contributed by atoms with van der Waals surface area (Å²) in [4.78, 5) is 11.8. The summed E-state index contributed by atoms with van der Waals surface area (Å²) in [6.45, 7) is 4.83. The second kappa shape index (κ2) is 8.50. The van der Waals surface area contributed by atoms with E-state index in [4.69, 9.17) is 11.6 Å². The van der Waals surface area contributed by atoms with Crippen LogP contribution in [0.5, 0.6) is 0 Å². The van der Waals surface area contributed by atoms with E-state index in [9.17, 15) is 4.79 Å². The predicted molar refractivity (Wildman–Crippen MR) is 106 cm³/mol. The monoisotopic (exact) mass is 385 g/mol. The molecule has 0 saturated heterocycles. The van der Waals surface area contributed by atoms with Crippen molar-refractivity contribution in [3.8, 4) is 5.82 Å². The molecule has 0 saturated carbocycles. The fourth-order valence-electron chi connectivity index (χ4n) is 2.50. The molecule has 3 rings (SSSR count). The van der Waals surface area contributed by atoms with Gasteiger partial charge in [0, 0.05) is 29.5 Å². The zero-order chi connectivity index (χ0) is 19.2. The van der Waals surface area contributed by atoms with Crippen LogP contribution in [-0.4, -0.2) is 39.1 Å². The van der Waals surface area contributed by atoms with Crippen LogP contribution in [0.1, 0.15) is 11.4 Å². The summed E-state index contributed by atoms with van der Waals surface area (Å²) in [7, 11) is 0. The van der Waals surface area contributed by atoms with Gasteiger partial charge < -0.3 is 16.0 Å². The molecule has 9 heteroatoms. The third-order valence-electron chi connectivity index (χ3n) is 3.68. The van der Waals surface area contributed by atoms with Crippen molar-refractivity contribution in [3.63, 3.8) is 0 Å². The van der Waals surface area contributed by atoms with E-state index in [1.54, 1.807) is 28.9 Å². The summed E-state index contributed by atoms with van der Waals surface area (Å²) in [5, 5.41) is 21.8. The van der Waals surface area contributed by atoms with E-state index in [-0.39, 0.29) is 6.03 Å². The van der Waals surface area contributed by atoms with Crippen molar-refractivity contribution >= 4 is 29.1 Å². The smallest absolute Gasteiger partial charge is 0.319 e. The second-order valence-electron chi connectivity index (χ2n) is 5.93. The van der Waals surface area contributed by atoms with Crippen LogP contribution in [0.15, 0.2) is 42.5 Å². The molecule has 2 heterocycles. The number of nitrogens with one attached hydrogen (secondary N) is 3. The van der Waals surface area contributed by atoms with Gasteiger partial charge in [-0.15, -0.1) is 10.2 Å². The minimum absolute atomic E-state index is 0.301. The van der Waals surface area contributed by atoms with Crippen molar-refractivity contribution in [1.29, 1.82) is 0 Å². The Bertz CT molecular complexity index is 924. The molecule has 2 aromatic heterocycles. The van der Waals surface area contributed by atoms with Gasteiger partial charge >= 0.3 is 6.03 Å². The molecule has 0 bridgehead atoms. The normalized spacial score (nSPS) is 10.5. The van der Waals surface area contributed by atoms with Crippen LogP contribution in [0, 0.1) is 13.8 Å². The van der Waals surface area contributed by atoms with Crippen LogP contribution in [-0.2, 0) is 0 Å². The van der Waals surface area contributed by atoms with Gasteiger partial charge in [-0.2, -0.15) is 5.10 Å². The molecule has 0 spiro atoms. The topological polar surface area (TPSA) is 96.8 Å². The Labute approximate surface area is 161 Å². The maximum absolute atomic E-state index is 11.8. The molecular formula is C18H20ClN7O. The predicted octanol–water partition coefficient (Wildman–Crippen LogP) is 3.17. The highest BCUT2D eigenvalue weighted by Gasteiger charge is 2.06. The Morgan fingerprint density at radius 2 is 1.96 bits per heavy atom. The number of rotatable bonds is 6. The Balaban J connectivity index is 1.44. The van der Waals surface area contributed by atoms with Gasteiger partial charge in [0.25, 0.3) is 0 Å². The van der Waals surface area contributed by atoms with Gasteiger partial charge in [-0.25, -0.2) is 9.48 Å². The number of carbonyl (C=O) groups excluding carboxylic acids is 1. The largest absolute Gasteiger partial charge is 0.367 e. The van der Waals surface area contributed by atoms with Crippen LogP contribution in [0.3, 0.4) is 0 Å². The van der Waals surface area contributed by atoms with Crippen LogP contribution in [0.25, 0.3) is 5.82 Å². The Kier molecular flexibility index (Phi) is 5.87. The molecule has 140 valence electrons. The standard InChI is InChI=1S/C18H20ClN7O/c1-12-10-13(2)26(25-12)17-7-6-16(23-24-17)20-8-9-21-18(27)22-15-5-3-4-14(19)11-15/h3-7,10-11H,8-9H2,1-2H3,(H,20,23)(H2,21,22,27). The highest BCUT2D eigenvalue weighted by Crippen LogP contribution is 2.14. The number of benzene rings is 1. The average molecular weight is 386 g/mol. The first-order chi connectivity index (χ1) is 13.0. The van der Waals surface area contributed by atoms with E-state index in [0.717, 1.165) is 11.4 Å². The SMILES string of the molecule is Cc1cc(C)n(-c2ccc(NCCNC(=O)Nc3cccc(Cl)c3)nn2)n1. The molecule has 0 unspecified atom stereocenters. The highest BCUT2D eigenvalue weighted by atomic mass is 35.5. The van der Waals surface area contributed by atoms with E-state index >= 15 is 0 Å². The van der Waals surface area contributed by atoms with Gasteiger partial charge in [-0.1, -0.05) is 17.7 Å². The number of aryl methyl sites for hydroxylation is 2. The fourth-order valence-corrected chi connectivity index (χ4v) is 2.69. The summed E-state index contributed by atoms with van der Waals surface area (Å²) in [5.74, 6) is 1.28. The highest BCUT2D eigenvalue weighted by molar-refractivity contribution is 6.30. The fraction of sp³-hybridized carbons (Fsp3) is 0.222. The van der Waals surface area contributed by atoms with E-state index in [1.807, 2.05) is 32.0 Å². The summed E-state index contributed by atoms with van der Waals surface area (Å²) in [6.07, 6.45) is 0. The van der Waals surface area contributed by atoms with Crippen LogP contribution >= 0.6 is 11.6 Å². The maximum atomic E-state index is 11.8. The molecule has 0 atom stereocenters. The number of hydrogen-bond acceptors (Lipinski definition) is 5. The van der Waals surface area contributed by atoms with Crippen molar-refractivity contribution in [1.82, 2.24) is 25.3 Å². The van der Waals surface area contributed by atoms with Gasteiger partial charge in [0.15, 0.2) is 5.82 Å². The molecule has 27 heavy (non-hydrogen) atoms.